The number of phenols is 1. The molecule has 13 heteroatoms. The van der Waals surface area contributed by atoms with Gasteiger partial charge >= 0.3 is 5.97 Å². The first kappa shape index (κ1) is 33.2. The zero-order chi connectivity index (χ0) is 34.5. The molecule has 2 fully saturated rings. The molecule has 6 rings (SSSR count). The summed E-state index contributed by atoms with van der Waals surface area (Å²) < 4.78 is 0. The number of hydrazine groups is 1. The summed E-state index contributed by atoms with van der Waals surface area (Å²) >= 11 is 0. The van der Waals surface area contributed by atoms with E-state index < -0.39 is 60.3 Å². The Kier molecular flexibility index (Phi) is 9.90. The molecule has 3 heterocycles. The van der Waals surface area contributed by atoms with Crippen molar-refractivity contribution in [2.24, 2.45) is 0 Å². The van der Waals surface area contributed by atoms with Gasteiger partial charge in [0, 0.05) is 36.5 Å². The van der Waals surface area contributed by atoms with E-state index in [4.69, 9.17) is 0 Å². The number of para-hydroxylation sites is 1. The molecule has 6 N–H and O–H groups in total. The van der Waals surface area contributed by atoms with Gasteiger partial charge in [0.15, 0.2) is 0 Å². The zero-order valence-corrected chi connectivity index (χ0v) is 26.7. The number of nitrogens with one attached hydrogen (secondary N) is 4. The number of benzene rings is 3. The molecule has 4 amide bonds. The van der Waals surface area contributed by atoms with Crippen molar-refractivity contribution in [3.05, 3.63) is 102 Å². The lowest BCUT2D eigenvalue weighted by atomic mass is 10.0. The molecule has 49 heavy (non-hydrogen) atoms. The molecule has 0 aliphatic carbocycles. The molecular formula is C36H38N6O7. The minimum absolute atomic E-state index is 0.0162. The summed E-state index contributed by atoms with van der Waals surface area (Å²) in [7, 11) is 0. The predicted octanol–water partition coefficient (Wildman–Crippen LogP) is 1.66. The summed E-state index contributed by atoms with van der Waals surface area (Å²) in [4.78, 5) is 73.4. The Morgan fingerprint density at radius 3 is 2.18 bits per heavy atom. The Labute approximate surface area is 282 Å². The minimum atomic E-state index is -1.33. The van der Waals surface area contributed by atoms with E-state index in [9.17, 15) is 34.2 Å². The van der Waals surface area contributed by atoms with E-state index in [1.807, 2.05) is 30.3 Å². The van der Waals surface area contributed by atoms with Crippen molar-refractivity contribution in [1.29, 1.82) is 0 Å². The van der Waals surface area contributed by atoms with Crippen LogP contribution in [0.2, 0.25) is 0 Å². The molecule has 4 aromatic rings. The van der Waals surface area contributed by atoms with Gasteiger partial charge in [-0.25, -0.2) is 5.43 Å². The molecule has 3 aromatic carbocycles. The number of aromatic amines is 1. The number of rotatable bonds is 8. The quantitative estimate of drug-likeness (QED) is 0.164. The van der Waals surface area contributed by atoms with Crippen molar-refractivity contribution in [1.82, 2.24) is 31.0 Å². The number of hydrogen-bond acceptors (Lipinski definition) is 7. The Morgan fingerprint density at radius 1 is 0.755 bits per heavy atom. The van der Waals surface area contributed by atoms with Gasteiger partial charge in [-0.3, -0.25) is 29.0 Å². The Morgan fingerprint density at radius 2 is 1.43 bits per heavy atom. The van der Waals surface area contributed by atoms with Crippen molar-refractivity contribution < 1.29 is 34.2 Å². The van der Waals surface area contributed by atoms with Crippen molar-refractivity contribution in [3.63, 3.8) is 0 Å². The number of carboxylic acids is 1. The van der Waals surface area contributed by atoms with E-state index in [0.717, 1.165) is 21.5 Å². The number of H-pyrrole nitrogens is 1. The number of aromatic nitrogens is 1. The van der Waals surface area contributed by atoms with Gasteiger partial charge in [-0.05, 0) is 54.2 Å². The Hall–Kier alpha value is -5.69. The molecule has 2 saturated heterocycles. The molecule has 254 valence electrons. The molecule has 0 saturated carbocycles. The number of aliphatic carboxylic acids is 1. The first-order valence-corrected chi connectivity index (χ1v) is 16.2. The van der Waals surface area contributed by atoms with Crippen molar-refractivity contribution in [3.8, 4) is 5.75 Å². The fourth-order valence-electron chi connectivity index (χ4n) is 6.58. The highest BCUT2D eigenvalue weighted by atomic mass is 16.4. The Balaban J connectivity index is 1.41. The number of nitrogens with zero attached hydrogens (tertiary/aromatic N) is 2. The molecule has 4 atom stereocenters. The van der Waals surface area contributed by atoms with Gasteiger partial charge in [0.2, 0.25) is 17.7 Å². The van der Waals surface area contributed by atoms with Crippen LogP contribution in [-0.2, 0) is 43.2 Å². The van der Waals surface area contributed by atoms with Gasteiger partial charge in [0.25, 0.3) is 5.91 Å². The van der Waals surface area contributed by atoms with Gasteiger partial charge < -0.3 is 30.7 Å². The highest BCUT2D eigenvalue weighted by Gasteiger charge is 2.41. The molecule has 2 aliphatic heterocycles. The van der Waals surface area contributed by atoms with Gasteiger partial charge in [-0.1, -0.05) is 60.7 Å². The monoisotopic (exact) mass is 666 g/mol. The fourth-order valence-corrected chi connectivity index (χ4v) is 6.58. The number of carboxylic acid groups (broad SMARTS) is 1. The van der Waals surface area contributed by atoms with Gasteiger partial charge in [0.1, 0.15) is 36.5 Å². The molecule has 1 aromatic heterocycles. The molecule has 0 bridgehead atoms. The van der Waals surface area contributed by atoms with E-state index in [1.165, 1.54) is 17.0 Å². The second-order valence-electron chi connectivity index (χ2n) is 12.4. The number of fused-ring (bicyclic) bond motifs is 2. The lowest BCUT2D eigenvalue weighted by Crippen LogP contribution is -2.61. The van der Waals surface area contributed by atoms with E-state index >= 15 is 0 Å². The normalized spacial score (nSPS) is 22.1. The topological polar surface area (TPSA) is 184 Å². The molecule has 13 nitrogen and oxygen atoms in total. The molecule has 0 unspecified atom stereocenters. The summed E-state index contributed by atoms with van der Waals surface area (Å²) in [5, 5.41) is 27.1. The van der Waals surface area contributed by atoms with Crippen LogP contribution in [0.3, 0.4) is 0 Å². The maximum absolute atomic E-state index is 14.3. The number of hydrogen-bond donors (Lipinski definition) is 6. The van der Waals surface area contributed by atoms with Crippen LogP contribution < -0.4 is 16.1 Å². The molecule has 0 radical (unpaired) electrons. The average molecular weight is 667 g/mol. The smallest absolute Gasteiger partial charge is 0.324 e. The maximum atomic E-state index is 14.3. The van der Waals surface area contributed by atoms with E-state index in [1.54, 1.807) is 42.6 Å². The van der Waals surface area contributed by atoms with Crippen LogP contribution in [0, 0.1) is 0 Å². The maximum Gasteiger partial charge on any atom is 0.324 e. The minimum Gasteiger partial charge on any atom is -0.508 e. The largest absolute Gasteiger partial charge is 0.508 e. The van der Waals surface area contributed by atoms with E-state index in [0.29, 0.717) is 24.0 Å². The lowest BCUT2D eigenvalue weighted by Gasteiger charge is -2.33. The summed E-state index contributed by atoms with van der Waals surface area (Å²) in [6.07, 6.45) is 2.80. The van der Waals surface area contributed by atoms with Crippen LogP contribution in [0.25, 0.3) is 10.9 Å². The first-order chi connectivity index (χ1) is 23.7. The van der Waals surface area contributed by atoms with Crippen molar-refractivity contribution >= 4 is 40.5 Å². The van der Waals surface area contributed by atoms with Crippen LogP contribution in [0.15, 0.2) is 85.1 Å². The van der Waals surface area contributed by atoms with Crippen LogP contribution >= 0.6 is 0 Å². The molecule has 0 spiro atoms. The summed E-state index contributed by atoms with van der Waals surface area (Å²) in [6, 6.07) is 18.3. The number of aromatic hydroxyl groups is 1. The third-order valence-electron chi connectivity index (χ3n) is 9.01. The number of carbonyl (C=O) groups is 5. The SMILES string of the molecule is O=C(O)CN1N[C@H](Cc2ccc(O)cc2)C(=O)N2CCC[C@@H]2C(=O)N[C@H](Cc2c[nH]c3ccccc23)C(=O)N[C@@H](Cc2ccccc2)C1=O. The number of amides is 4. The standard InChI is InChI=1S/C36H38N6O7/c43-25-14-12-23(13-15-25)18-30-35(48)41-16-6-11-31(41)34(47)38-28(19-24-20-37-27-10-5-4-9-26(24)27)33(46)39-29(17-22-7-2-1-3-8-22)36(49)42(40-30)21-32(44)45/h1-5,7-10,12-15,20,28-31,37,40,43H,6,11,16-19,21H2,(H,38,47)(H,39,46)(H,44,45)/t28-,29+,30-,31-/m1/s1. The van der Waals surface area contributed by atoms with Crippen LogP contribution in [0.4, 0.5) is 0 Å². The summed E-state index contributed by atoms with van der Waals surface area (Å²) in [5.74, 6) is -3.70. The van der Waals surface area contributed by atoms with E-state index in [2.05, 4.69) is 21.0 Å². The third kappa shape index (κ3) is 7.73. The van der Waals surface area contributed by atoms with Crippen LogP contribution in [0.5, 0.6) is 5.75 Å². The fraction of sp³-hybridized carbons (Fsp3) is 0.306. The van der Waals surface area contributed by atoms with E-state index in [-0.39, 0.29) is 31.6 Å². The van der Waals surface area contributed by atoms with Crippen molar-refractivity contribution in [2.45, 2.75) is 56.3 Å². The second-order valence-corrected chi connectivity index (χ2v) is 12.4. The van der Waals surface area contributed by atoms with Crippen molar-refractivity contribution in [2.75, 3.05) is 13.1 Å². The Bertz CT molecular complexity index is 1840. The second kappa shape index (κ2) is 14.6. The average Bonchev–Trinajstić information content (AvgIpc) is 3.75. The van der Waals surface area contributed by atoms with Gasteiger partial charge in [-0.2, -0.15) is 0 Å². The molecular weight excluding hydrogens is 628 g/mol. The summed E-state index contributed by atoms with van der Waals surface area (Å²) in [5.41, 5.74) is 5.83. The van der Waals surface area contributed by atoms with Gasteiger partial charge in [-0.15, -0.1) is 0 Å². The zero-order valence-electron chi connectivity index (χ0n) is 26.7. The highest BCUT2D eigenvalue weighted by Crippen LogP contribution is 2.23. The molecule has 2 aliphatic rings. The summed E-state index contributed by atoms with van der Waals surface area (Å²) in [6.45, 7) is -0.549. The van der Waals surface area contributed by atoms with Gasteiger partial charge in [0.05, 0.1) is 0 Å². The van der Waals surface area contributed by atoms with Crippen LogP contribution in [-0.4, -0.2) is 92.0 Å². The number of carbonyl (C=O) groups excluding carboxylic acids is 4. The van der Waals surface area contributed by atoms with Crippen LogP contribution in [0.1, 0.15) is 29.5 Å². The predicted molar refractivity (Wildman–Crippen MR) is 179 cm³/mol. The third-order valence-corrected chi connectivity index (χ3v) is 9.01. The number of phenolic OH excluding ortho intramolecular Hbond substituents is 1. The highest BCUT2D eigenvalue weighted by molar-refractivity contribution is 5.97. The first-order valence-electron chi connectivity index (χ1n) is 16.2. The lowest BCUT2D eigenvalue weighted by molar-refractivity contribution is -0.151.